The normalized spacial score (nSPS) is 16.3. The van der Waals surface area contributed by atoms with Gasteiger partial charge in [-0.25, -0.2) is 0 Å². The maximum absolute atomic E-state index is 2.55. The van der Waals surface area contributed by atoms with Crippen molar-refractivity contribution < 1.29 is 0 Å². The van der Waals surface area contributed by atoms with Crippen molar-refractivity contribution in [3.63, 3.8) is 0 Å². The van der Waals surface area contributed by atoms with E-state index in [-0.39, 0.29) is 12.1 Å². The van der Waals surface area contributed by atoms with E-state index < -0.39 is 0 Å². The summed E-state index contributed by atoms with van der Waals surface area (Å²) in [5.41, 5.74) is 11.5. The number of allylic oxidation sites excluding steroid dienone is 1. The second-order valence-electron chi connectivity index (χ2n) is 11.0. The van der Waals surface area contributed by atoms with Gasteiger partial charge in [0, 0.05) is 44.4 Å². The molecular formula is C35H27BN2S. The second-order valence-corrected chi connectivity index (χ2v) is 12.1. The lowest BCUT2D eigenvalue weighted by molar-refractivity contribution is 0.593. The molecule has 4 heteroatoms. The van der Waals surface area contributed by atoms with E-state index in [0.717, 1.165) is 0 Å². The Morgan fingerprint density at radius 2 is 1.13 bits per heavy atom. The first kappa shape index (κ1) is 22.8. The zero-order valence-corrected chi connectivity index (χ0v) is 22.8. The van der Waals surface area contributed by atoms with Crippen molar-refractivity contribution in [2.75, 3.05) is 9.80 Å². The van der Waals surface area contributed by atoms with Crippen molar-refractivity contribution in [1.82, 2.24) is 0 Å². The van der Waals surface area contributed by atoms with Crippen molar-refractivity contribution in [1.29, 1.82) is 0 Å². The van der Waals surface area contributed by atoms with E-state index in [1.54, 1.807) is 0 Å². The number of thioether (sulfide) groups is 1. The molecule has 3 aliphatic rings. The molecule has 0 aromatic heterocycles. The Bertz CT molecular complexity index is 1780. The highest BCUT2D eigenvalue weighted by atomic mass is 32.2. The summed E-state index contributed by atoms with van der Waals surface area (Å²) in [6, 6.07) is 46.5. The van der Waals surface area contributed by atoms with Crippen LogP contribution >= 0.6 is 11.8 Å². The van der Waals surface area contributed by atoms with Gasteiger partial charge in [-0.05, 0) is 69.8 Å². The Balaban J connectivity index is 1.49. The zero-order chi connectivity index (χ0) is 26.1. The van der Waals surface area contributed by atoms with Gasteiger partial charge in [-0.15, -0.1) is 11.8 Å². The van der Waals surface area contributed by atoms with Gasteiger partial charge in [-0.3, -0.25) is 0 Å². The molecule has 8 rings (SSSR count). The summed E-state index contributed by atoms with van der Waals surface area (Å²) in [5.74, 6) is 0. The third-order valence-electron chi connectivity index (χ3n) is 8.44. The molecule has 3 heterocycles. The van der Waals surface area contributed by atoms with Crippen LogP contribution in [0.3, 0.4) is 0 Å². The standard InChI is InChI=1S/C35H27BN2S/c1-35(2)26-18-9-12-23-31(26)39-34-33(35)38(25-16-7-4-8-17-25)30-22-13-21-29-32(30)36(34)27-19-10-11-20-28(27)37(29)24-14-5-3-6-15-24/h3-23H,1-2H3. The van der Waals surface area contributed by atoms with E-state index in [4.69, 9.17) is 0 Å². The molecule has 0 amide bonds. The summed E-state index contributed by atoms with van der Waals surface area (Å²) < 4.78 is 0. The molecule has 0 unspecified atom stereocenters. The van der Waals surface area contributed by atoms with Crippen LogP contribution < -0.4 is 20.7 Å². The quantitative estimate of drug-likeness (QED) is 0.218. The molecule has 5 aromatic rings. The minimum atomic E-state index is -0.174. The fourth-order valence-corrected chi connectivity index (χ4v) is 8.42. The fraction of sp³-hybridized carbons (Fsp3) is 0.0857. The monoisotopic (exact) mass is 518 g/mol. The summed E-state index contributed by atoms with van der Waals surface area (Å²) in [4.78, 5) is 7.79. The number of anilines is 5. The molecule has 0 N–H and O–H groups in total. The van der Waals surface area contributed by atoms with Gasteiger partial charge in [0.15, 0.2) is 0 Å². The van der Waals surface area contributed by atoms with Gasteiger partial charge in [0.2, 0.25) is 0 Å². The van der Waals surface area contributed by atoms with Gasteiger partial charge >= 0.3 is 0 Å². The second kappa shape index (κ2) is 8.43. The highest BCUT2D eigenvalue weighted by Gasteiger charge is 2.50. The van der Waals surface area contributed by atoms with Gasteiger partial charge in [-0.2, -0.15) is 0 Å². The lowest BCUT2D eigenvalue weighted by Gasteiger charge is -2.50. The van der Waals surface area contributed by atoms with Crippen molar-refractivity contribution in [2.45, 2.75) is 24.2 Å². The van der Waals surface area contributed by atoms with Crippen molar-refractivity contribution >= 4 is 57.8 Å². The first-order chi connectivity index (χ1) is 19.1. The third-order valence-corrected chi connectivity index (χ3v) is 9.66. The average molecular weight is 518 g/mol. The number of fused-ring (bicyclic) bond motifs is 4. The van der Waals surface area contributed by atoms with Crippen LogP contribution in [-0.4, -0.2) is 6.71 Å². The van der Waals surface area contributed by atoms with Crippen LogP contribution in [0, 0.1) is 0 Å². The van der Waals surface area contributed by atoms with E-state index >= 15 is 0 Å². The fourth-order valence-electron chi connectivity index (χ4n) is 6.80. The molecule has 39 heavy (non-hydrogen) atoms. The number of para-hydroxylation sites is 3. The van der Waals surface area contributed by atoms with Crippen LogP contribution in [0.5, 0.6) is 0 Å². The molecule has 0 saturated heterocycles. The molecule has 0 fully saturated rings. The highest BCUT2D eigenvalue weighted by Crippen LogP contribution is 2.56. The minimum Gasteiger partial charge on any atom is -0.314 e. The molecular weight excluding hydrogens is 491 g/mol. The van der Waals surface area contributed by atoms with Crippen LogP contribution in [-0.2, 0) is 5.41 Å². The molecule has 0 aliphatic carbocycles. The van der Waals surface area contributed by atoms with Gasteiger partial charge in [-0.1, -0.05) is 92.7 Å². The molecule has 0 radical (unpaired) electrons. The summed E-state index contributed by atoms with van der Waals surface area (Å²) in [6.07, 6.45) is 0. The van der Waals surface area contributed by atoms with E-state index in [1.807, 2.05) is 11.8 Å². The number of benzene rings is 5. The molecule has 186 valence electrons. The van der Waals surface area contributed by atoms with Crippen LogP contribution in [0.1, 0.15) is 19.4 Å². The Morgan fingerprint density at radius 3 is 1.87 bits per heavy atom. The average Bonchev–Trinajstić information content (AvgIpc) is 2.98. The van der Waals surface area contributed by atoms with Gasteiger partial charge < -0.3 is 9.80 Å². The van der Waals surface area contributed by atoms with Crippen LogP contribution in [0.15, 0.2) is 143 Å². The van der Waals surface area contributed by atoms with E-state index in [0.29, 0.717) is 0 Å². The largest absolute Gasteiger partial charge is 0.314 e. The molecule has 0 atom stereocenters. The van der Waals surface area contributed by atoms with Crippen molar-refractivity contribution in [2.24, 2.45) is 0 Å². The van der Waals surface area contributed by atoms with Crippen LogP contribution in [0.4, 0.5) is 28.4 Å². The number of rotatable bonds is 2. The summed E-state index contributed by atoms with van der Waals surface area (Å²) >= 11 is 1.96. The molecule has 0 bridgehead atoms. The zero-order valence-electron chi connectivity index (χ0n) is 22.0. The maximum atomic E-state index is 2.55. The van der Waals surface area contributed by atoms with Crippen LogP contribution in [0.2, 0.25) is 0 Å². The Labute approximate surface area is 234 Å². The Hall–Kier alpha value is -4.15. The molecule has 2 nitrogen and oxygen atoms in total. The lowest BCUT2D eigenvalue weighted by Crippen LogP contribution is -2.57. The number of nitrogens with zero attached hydrogens (tertiary/aromatic N) is 2. The predicted molar refractivity (Wildman–Crippen MR) is 167 cm³/mol. The highest BCUT2D eigenvalue weighted by molar-refractivity contribution is 8.05. The van der Waals surface area contributed by atoms with Crippen molar-refractivity contribution in [3.8, 4) is 0 Å². The molecule has 3 aliphatic heterocycles. The van der Waals surface area contributed by atoms with E-state index in [9.17, 15) is 0 Å². The van der Waals surface area contributed by atoms with E-state index in [1.165, 1.54) is 60.3 Å². The first-order valence-corrected chi connectivity index (χ1v) is 14.4. The van der Waals surface area contributed by atoms with Crippen LogP contribution in [0.25, 0.3) is 0 Å². The smallest absolute Gasteiger partial charge is 0.260 e. The SMILES string of the molecule is CC1(C)C2=C(Sc3ccccc31)B1c3ccccc3N(c3ccccc3)c3cccc(c31)N2c1ccccc1. The summed E-state index contributed by atoms with van der Waals surface area (Å²) in [5, 5.41) is 0. The van der Waals surface area contributed by atoms with E-state index in [2.05, 4.69) is 151 Å². The molecule has 0 saturated carbocycles. The third kappa shape index (κ3) is 3.19. The van der Waals surface area contributed by atoms with Crippen molar-refractivity contribution in [3.05, 3.63) is 143 Å². The van der Waals surface area contributed by atoms with Gasteiger partial charge in [0.05, 0.1) is 0 Å². The van der Waals surface area contributed by atoms with Gasteiger partial charge in [0.1, 0.15) is 0 Å². The summed E-state index contributed by atoms with van der Waals surface area (Å²) in [6.45, 7) is 4.97. The predicted octanol–water partition coefficient (Wildman–Crippen LogP) is 8.06. The van der Waals surface area contributed by atoms with Gasteiger partial charge in [0.25, 0.3) is 6.71 Å². The minimum absolute atomic E-state index is 0.167. The molecule has 0 spiro atoms. The lowest BCUT2D eigenvalue weighted by atomic mass is 9.36. The molecule has 5 aromatic carbocycles. The number of hydrogen-bond acceptors (Lipinski definition) is 3. The Morgan fingerprint density at radius 1 is 0.564 bits per heavy atom. The maximum Gasteiger partial charge on any atom is 0.260 e. The Kier molecular flexibility index (Phi) is 4.93. The summed E-state index contributed by atoms with van der Waals surface area (Å²) in [7, 11) is 0. The number of hydrogen-bond donors (Lipinski definition) is 0. The first-order valence-electron chi connectivity index (χ1n) is 13.6. The topological polar surface area (TPSA) is 6.48 Å².